The van der Waals surface area contributed by atoms with Crippen molar-refractivity contribution in [3.8, 4) is 28.2 Å². The minimum absolute atomic E-state index is 0.101. The van der Waals surface area contributed by atoms with Gasteiger partial charge in [-0.1, -0.05) is 78.9 Å². The zero-order chi connectivity index (χ0) is 24.2. The predicted molar refractivity (Wildman–Crippen MR) is 137 cm³/mol. The molecule has 0 unspecified atom stereocenters. The van der Waals surface area contributed by atoms with Gasteiger partial charge in [0.1, 0.15) is 5.56 Å². The Labute approximate surface area is 203 Å². The number of amides is 1. The van der Waals surface area contributed by atoms with Gasteiger partial charge in [-0.15, -0.1) is 0 Å². The van der Waals surface area contributed by atoms with E-state index in [0.717, 1.165) is 28.1 Å². The summed E-state index contributed by atoms with van der Waals surface area (Å²) >= 11 is 0. The van der Waals surface area contributed by atoms with Crippen LogP contribution in [-0.4, -0.2) is 32.6 Å². The first-order valence-electron chi connectivity index (χ1n) is 11.3. The quantitative estimate of drug-likeness (QED) is 0.380. The van der Waals surface area contributed by atoms with Crippen molar-refractivity contribution in [2.24, 2.45) is 0 Å². The van der Waals surface area contributed by atoms with Gasteiger partial charge in [0.2, 0.25) is 0 Å². The number of aromatic nitrogens is 3. The van der Waals surface area contributed by atoms with Crippen LogP contribution in [0.1, 0.15) is 15.9 Å². The van der Waals surface area contributed by atoms with E-state index in [0.29, 0.717) is 12.2 Å². The maximum atomic E-state index is 13.2. The van der Waals surface area contributed by atoms with Crippen LogP contribution in [0.2, 0.25) is 0 Å². The molecule has 5 rings (SSSR count). The summed E-state index contributed by atoms with van der Waals surface area (Å²) < 4.78 is 1.82. The monoisotopic (exact) mass is 460 g/mol. The molecule has 0 aliphatic carbocycles. The van der Waals surface area contributed by atoms with Crippen molar-refractivity contribution in [2.75, 3.05) is 7.05 Å². The number of nitrogens with zero attached hydrogens (tertiary/aromatic N) is 3. The molecule has 0 bridgehead atoms. The standard InChI is InChI=1S/C29H24N4O2/c1-32(29(35)25-17-18-26(30-28(25)34)21-11-5-2-6-12-21)19-23-20-33(24-15-9-4-10-16-24)31-27(23)22-13-7-3-8-14-22/h2-18,20H,19H2,1H3,(H,30,34). The predicted octanol–water partition coefficient (Wildman–Crippen LogP) is 5.17. The third kappa shape index (κ3) is 4.68. The van der Waals surface area contributed by atoms with Crippen LogP contribution in [0.15, 0.2) is 114 Å². The molecule has 5 aromatic rings. The lowest BCUT2D eigenvalue weighted by Crippen LogP contribution is -2.31. The Morgan fingerprint density at radius 1 is 0.829 bits per heavy atom. The average Bonchev–Trinajstić information content (AvgIpc) is 3.33. The van der Waals surface area contributed by atoms with Crippen molar-refractivity contribution in [1.29, 1.82) is 0 Å². The molecule has 1 N–H and O–H groups in total. The Morgan fingerprint density at radius 2 is 1.43 bits per heavy atom. The summed E-state index contributed by atoms with van der Waals surface area (Å²) in [6.45, 7) is 0.301. The van der Waals surface area contributed by atoms with E-state index in [2.05, 4.69) is 4.98 Å². The van der Waals surface area contributed by atoms with Gasteiger partial charge in [-0.3, -0.25) is 9.59 Å². The Bertz CT molecular complexity index is 1510. The van der Waals surface area contributed by atoms with Gasteiger partial charge in [-0.05, 0) is 29.8 Å². The van der Waals surface area contributed by atoms with Crippen molar-refractivity contribution in [1.82, 2.24) is 19.7 Å². The molecule has 35 heavy (non-hydrogen) atoms. The number of nitrogens with one attached hydrogen (secondary N) is 1. The van der Waals surface area contributed by atoms with E-state index in [4.69, 9.17) is 5.10 Å². The molecule has 0 aliphatic heterocycles. The minimum Gasteiger partial charge on any atom is -0.337 e. The third-order valence-corrected chi connectivity index (χ3v) is 5.84. The number of pyridine rings is 1. The molecule has 0 fully saturated rings. The first-order valence-corrected chi connectivity index (χ1v) is 11.3. The number of aromatic amines is 1. The van der Waals surface area contributed by atoms with Crippen LogP contribution >= 0.6 is 0 Å². The topological polar surface area (TPSA) is 71.0 Å². The molecule has 0 radical (unpaired) electrons. The second kappa shape index (κ2) is 9.65. The molecule has 0 atom stereocenters. The van der Waals surface area contributed by atoms with Crippen molar-refractivity contribution >= 4 is 5.91 Å². The van der Waals surface area contributed by atoms with Crippen LogP contribution in [0.25, 0.3) is 28.2 Å². The van der Waals surface area contributed by atoms with Crippen LogP contribution < -0.4 is 5.56 Å². The first kappa shape index (κ1) is 22.1. The second-order valence-corrected chi connectivity index (χ2v) is 8.29. The zero-order valence-corrected chi connectivity index (χ0v) is 19.3. The molecule has 0 saturated carbocycles. The highest BCUT2D eigenvalue weighted by molar-refractivity contribution is 5.94. The molecule has 0 spiro atoms. The summed E-state index contributed by atoms with van der Waals surface area (Å²) in [5.41, 5.74) is 4.81. The number of hydrogen-bond donors (Lipinski definition) is 1. The zero-order valence-electron chi connectivity index (χ0n) is 19.3. The van der Waals surface area contributed by atoms with Crippen LogP contribution in [0.3, 0.4) is 0 Å². The minimum atomic E-state index is -0.411. The van der Waals surface area contributed by atoms with E-state index in [9.17, 15) is 9.59 Å². The molecule has 6 nitrogen and oxygen atoms in total. The van der Waals surface area contributed by atoms with E-state index >= 15 is 0 Å². The fourth-order valence-electron chi connectivity index (χ4n) is 4.04. The number of carbonyl (C=O) groups is 1. The lowest BCUT2D eigenvalue weighted by Gasteiger charge is -2.17. The molecule has 1 amide bonds. The Hall–Kier alpha value is -4.71. The van der Waals surface area contributed by atoms with Crippen LogP contribution in [0.5, 0.6) is 0 Å². The highest BCUT2D eigenvalue weighted by Crippen LogP contribution is 2.25. The van der Waals surface area contributed by atoms with Gasteiger partial charge in [-0.25, -0.2) is 4.68 Å². The smallest absolute Gasteiger partial charge is 0.261 e. The SMILES string of the molecule is CN(Cc1cn(-c2ccccc2)nc1-c1ccccc1)C(=O)c1ccc(-c2ccccc2)[nH]c1=O. The van der Waals surface area contributed by atoms with Gasteiger partial charge in [0, 0.05) is 36.6 Å². The molecular weight excluding hydrogens is 436 g/mol. The summed E-state index contributed by atoms with van der Waals surface area (Å²) in [5, 5.41) is 4.81. The van der Waals surface area contributed by atoms with Crippen LogP contribution in [0, 0.1) is 0 Å². The summed E-state index contributed by atoms with van der Waals surface area (Å²) in [5.74, 6) is -0.350. The highest BCUT2D eigenvalue weighted by atomic mass is 16.2. The second-order valence-electron chi connectivity index (χ2n) is 8.29. The Kier molecular flexibility index (Phi) is 6.09. The Morgan fingerprint density at radius 3 is 2.06 bits per heavy atom. The summed E-state index contributed by atoms with van der Waals surface area (Å²) in [6, 6.07) is 32.6. The molecule has 172 valence electrons. The third-order valence-electron chi connectivity index (χ3n) is 5.84. The Balaban J connectivity index is 1.44. The van der Waals surface area contributed by atoms with E-state index < -0.39 is 5.56 Å². The summed E-state index contributed by atoms with van der Waals surface area (Å²) in [6.07, 6.45) is 1.93. The van der Waals surface area contributed by atoms with Crippen LogP contribution in [-0.2, 0) is 6.54 Å². The van der Waals surface area contributed by atoms with Gasteiger partial charge < -0.3 is 9.88 Å². The molecule has 2 aromatic heterocycles. The van der Waals surface area contributed by atoms with Gasteiger partial charge >= 0.3 is 0 Å². The van der Waals surface area contributed by atoms with Crippen LogP contribution in [0.4, 0.5) is 0 Å². The van der Waals surface area contributed by atoms with Gasteiger partial charge in [0.25, 0.3) is 11.5 Å². The highest BCUT2D eigenvalue weighted by Gasteiger charge is 2.20. The number of H-pyrrole nitrogens is 1. The lowest BCUT2D eigenvalue weighted by molar-refractivity contribution is 0.0783. The molecule has 3 aromatic carbocycles. The molecule has 0 aliphatic rings. The van der Waals surface area contributed by atoms with Gasteiger partial charge in [0.15, 0.2) is 0 Å². The van der Waals surface area contributed by atoms with Crippen molar-refractivity contribution in [3.05, 3.63) is 131 Å². The molecule has 0 saturated heterocycles. The number of hydrogen-bond acceptors (Lipinski definition) is 3. The molecule has 2 heterocycles. The number of benzene rings is 3. The normalized spacial score (nSPS) is 10.8. The summed E-state index contributed by atoms with van der Waals surface area (Å²) in [7, 11) is 1.70. The van der Waals surface area contributed by atoms with E-state index in [1.807, 2.05) is 102 Å². The van der Waals surface area contributed by atoms with E-state index in [1.54, 1.807) is 24.1 Å². The fourth-order valence-corrected chi connectivity index (χ4v) is 4.04. The van der Waals surface area contributed by atoms with E-state index in [-0.39, 0.29) is 11.5 Å². The maximum Gasteiger partial charge on any atom is 0.261 e. The maximum absolute atomic E-state index is 13.2. The van der Waals surface area contributed by atoms with Crippen molar-refractivity contribution < 1.29 is 4.79 Å². The van der Waals surface area contributed by atoms with Crippen molar-refractivity contribution in [2.45, 2.75) is 6.54 Å². The van der Waals surface area contributed by atoms with Crippen molar-refractivity contribution in [3.63, 3.8) is 0 Å². The first-order chi connectivity index (χ1) is 17.1. The molecular formula is C29H24N4O2. The van der Waals surface area contributed by atoms with E-state index in [1.165, 1.54) is 0 Å². The van der Waals surface area contributed by atoms with Gasteiger partial charge in [-0.2, -0.15) is 5.10 Å². The number of carbonyl (C=O) groups excluding carboxylic acids is 1. The largest absolute Gasteiger partial charge is 0.337 e. The fraction of sp³-hybridized carbons (Fsp3) is 0.0690. The number of rotatable bonds is 6. The van der Waals surface area contributed by atoms with Gasteiger partial charge in [0.05, 0.1) is 11.4 Å². The number of para-hydroxylation sites is 1. The average molecular weight is 461 g/mol. The lowest BCUT2D eigenvalue weighted by atomic mass is 10.1. The summed E-state index contributed by atoms with van der Waals surface area (Å²) in [4.78, 5) is 30.4. The molecule has 6 heteroatoms.